The summed E-state index contributed by atoms with van der Waals surface area (Å²) in [5.74, 6) is 0.464. The molecule has 0 amide bonds. The molecule has 20 heavy (non-hydrogen) atoms. The maximum Gasteiger partial charge on any atom is 0.181 e. The summed E-state index contributed by atoms with van der Waals surface area (Å²) >= 11 is 13.8. The molecule has 0 spiro atoms. The highest BCUT2D eigenvalue weighted by atomic mass is 35.5. The minimum atomic E-state index is -0.271. The van der Waals surface area contributed by atoms with Crippen molar-refractivity contribution in [2.24, 2.45) is 0 Å². The molecule has 102 valence electrons. The average molecular weight is 325 g/mol. The van der Waals surface area contributed by atoms with Crippen molar-refractivity contribution in [2.45, 2.75) is 10.1 Å². The molecule has 0 bridgehead atoms. The number of halogens is 2. The van der Waals surface area contributed by atoms with Gasteiger partial charge >= 0.3 is 0 Å². The van der Waals surface area contributed by atoms with Crippen LogP contribution in [-0.4, -0.2) is 12.9 Å². The molecule has 1 atom stereocenters. The van der Waals surface area contributed by atoms with Crippen LogP contribution < -0.4 is 4.74 Å². The molecule has 2 nitrogen and oxygen atoms in total. The van der Waals surface area contributed by atoms with Crippen LogP contribution in [0.2, 0.25) is 10.0 Å². The fourth-order valence-electron chi connectivity index (χ4n) is 2.19. The van der Waals surface area contributed by atoms with Gasteiger partial charge in [-0.05, 0) is 11.6 Å². The molecular weight excluding hydrogens is 315 g/mol. The number of hydrogen-bond donors (Lipinski definition) is 0. The van der Waals surface area contributed by atoms with E-state index in [4.69, 9.17) is 27.9 Å². The third kappa shape index (κ3) is 2.10. The van der Waals surface area contributed by atoms with Crippen molar-refractivity contribution in [1.29, 1.82) is 0 Å². The van der Waals surface area contributed by atoms with Crippen molar-refractivity contribution < 1.29 is 9.53 Å². The minimum Gasteiger partial charge on any atom is -0.495 e. The minimum absolute atomic E-state index is 0.0352. The zero-order valence-corrected chi connectivity index (χ0v) is 12.9. The summed E-state index contributed by atoms with van der Waals surface area (Å²) in [5, 5.41) is 0.464. The Morgan fingerprint density at radius 1 is 1.15 bits per heavy atom. The van der Waals surface area contributed by atoms with Gasteiger partial charge in [0.15, 0.2) is 5.78 Å². The Hall–Kier alpha value is -1.16. The number of ether oxygens (including phenoxy) is 1. The number of ketones is 1. The van der Waals surface area contributed by atoms with Gasteiger partial charge in [-0.2, -0.15) is 0 Å². The third-order valence-corrected chi connectivity index (χ3v) is 5.53. The molecule has 0 aliphatic carbocycles. The standard InChI is InChI=1S/C15H10Cl2O2S/c1-19-10-7-9-13(18)14(8-5-3-2-4-6-8)20-15(9)12(17)11(10)16/h2-7,14H,1H3. The van der Waals surface area contributed by atoms with Crippen molar-refractivity contribution in [3.8, 4) is 5.75 Å². The van der Waals surface area contributed by atoms with E-state index in [0.29, 0.717) is 21.4 Å². The molecule has 0 aromatic heterocycles. The largest absolute Gasteiger partial charge is 0.495 e. The summed E-state index contributed by atoms with van der Waals surface area (Å²) in [6.07, 6.45) is 0. The first-order valence-electron chi connectivity index (χ1n) is 5.95. The normalized spacial score (nSPS) is 17.1. The van der Waals surface area contributed by atoms with E-state index in [1.165, 1.54) is 18.9 Å². The highest BCUT2D eigenvalue weighted by Crippen LogP contribution is 2.52. The zero-order valence-electron chi connectivity index (χ0n) is 10.5. The molecule has 2 aromatic carbocycles. The molecular formula is C15H10Cl2O2S. The smallest absolute Gasteiger partial charge is 0.181 e. The Labute approximate surface area is 131 Å². The van der Waals surface area contributed by atoms with E-state index in [1.54, 1.807) is 6.07 Å². The van der Waals surface area contributed by atoms with Crippen molar-refractivity contribution >= 4 is 40.7 Å². The summed E-state index contributed by atoms with van der Waals surface area (Å²) < 4.78 is 5.16. The van der Waals surface area contributed by atoms with Crippen molar-refractivity contribution in [3.05, 3.63) is 57.6 Å². The number of methoxy groups -OCH3 is 1. The molecule has 1 unspecified atom stereocenters. The first-order chi connectivity index (χ1) is 9.63. The lowest BCUT2D eigenvalue weighted by Crippen LogP contribution is -2.03. The maximum absolute atomic E-state index is 12.6. The van der Waals surface area contributed by atoms with Crippen LogP contribution in [0.1, 0.15) is 21.2 Å². The molecule has 1 aliphatic heterocycles. The molecule has 0 saturated carbocycles. The topological polar surface area (TPSA) is 26.3 Å². The fraction of sp³-hybridized carbons (Fsp3) is 0.133. The predicted octanol–water partition coefficient (Wildman–Crippen LogP) is 5.03. The Morgan fingerprint density at radius 3 is 2.50 bits per heavy atom. The molecule has 3 rings (SSSR count). The number of thioether (sulfide) groups is 1. The summed E-state index contributed by atoms with van der Waals surface area (Å²) in [5.41, 5.74) is 1.54. The van der Waals surface area contributed by atoms with Gasteiger partial charge in [-0.3, -0.25) is 4.79 Å². The molecule has 0 saturated heterocycles. The first kappa shape index (κ1) is 13.8. The van der Waals surface area contributed by atoms with E-state index < -0.39 is 0 Å². The van der Waals surface area contributed by atoms with Crippen LogP contribution in [0.15, 0.2) is 41.3 Å². The zero-order chi connectivity index (χ0) is 14.3. The highest BCUT2D eigenvalue weighted by molar-refractivity contribution is 8.01. The summed E-state index contributed by atoms with van der Waals surface area (Å²) in [4.78, 5) is 13.3. The predicted molar refractivity (Wildman–Crippen MR) is 82.4 cm³/mol. The maximum atomic E-state index is 12.6. The Bertz CT molecular complexity index is 686. The fourth-order valence-corrected chi connectivity index (χ4v) is 4.06. The highest BCUT2D eigenvalue weighted by Gasteiger charge is 2.36. The molecule has 0 radical (unpaired) electrons. The Balaban J connectivity index is 2.09. The van der Waals surface area contributed by atoms with Gasteiger partial charge in [-0.15, -0.1) is 11.8 Å². The molecule has 1 aliphatic rings. The van der Waals surface area contributed by atoms with E-state index in [0.717, 1.165) is 10.5 Å². The first-order valence-corrected chi connectivity index (χ1v) is 7.59. The molecule has 0 N–H and O–H groups in total. The van der Waals surface area contributed by atoms with Crippen LogP contribution >= 0.6 is 35.0 Å². The molecule has 0 fully saturated rings. The Morgan fingerprint density at radius 2 is 1.85 bits per heavy atom. The average Bonchev–Trinajstić information content (AvgIpc) is 2.81. The van der Waals surface area contributed by atoms with Gasteiger partial charge in [0.05, 0.1) is 17.4 Å². The third-order valence-electron chi connectivity index (χ3n) is 3.19. The molecule has 1 heterocycles. The van der Waals surface area contributed by atoms with Crippen LogP contribution in [0.4, 0.5) is 0 Å². The van der Waals surface area contributed by atoms with Gasteiger partial charge in [-0.25, -0.2) is 0 Å². The van der Waals surface area contributed by atoms with Gasteiger partial charge in [0, 0.05) is 10.5 Å². The number of fused-ring (bicyclic) bond motifs is 1. The molecule has 5 heteroatoms. The van der Waals surface area contributed by atoms with Crippen LogP contribution in [0.25, 0.3) is 0 Å². The van der Waals surface area contributed by atoms with E-state index >= 15 is 0 Å². The van der Waals surface area contributed by atoms with Gasteiger partial charge in [-0.1, -0.05) is 53.5 Å². The van der Waals surface area contributed by atoms with Crippen LogP contribution in [0, 0.1) is 0 Å². The number of carbonyl (C=O) groups excluding carboxylic acids is 1. The Kier molecular flexibility index (Phi) is 3.67. The van der Waals surface area contributed by atoms with Gasteiger partial charge in [0.1, 0.15) is 10.8 Å². The van der Waals surface area contributed by atoms with Crippen molar-refractivity contribution in [3.63, 3.8) is 0 Å². The van der Waals surface area contributed by atoms with Crippen molar-refractivity contribution in [2.75, 3.05) is 7.11 Å². The number of Topliss-reactive ketones (excluding diaryl/α,β-unsaturated/α-hetero) is 1. The van der Waals surface area contributed by atoms with Crippen LogP contribution in [0.5, 0.6) is 5.75 Å². The van der Waals surface area contributed by atoms with Crippen molar-refractivity contribution in [1.82, 2.24) is 0 Å². The lowest BCUT2D eigenvalue weighted by atomic mass is 10.0. The number of carbonyl (C=O) groups is 1. The second kappa shape index (κ2) is 5.32. The van der Waals surface area contributed by atoms with E-state index in [9.17, 15) is 4.79 Å². The number of rotatable bonds is 2. The summed E-state index contributed by atoms with van der Waals surface area (Å²) in [7, 11) is 1.51. The molecule has 2 aromatic rings. The SMILES string of the molecule is COc1cc2c(c(Cl)c1Cl)SC(c1ccccc1)C2=O. The monoisotopic (exact) mass is 324 g/mol. The van der Waals surface area contributed by atoms with Gasteiger partial charge in [0.2, 0.25) is 0 Å². The quantitative estimate of drug-likeness (QED) is 0.774. The van der Waals surface area contributed by atoms with E-state index in [1.807, 2.05) is 30.3 Å². The lowest BCUT2D eigenvalue weighted by molar-refractivity contribution is 0.0991. The van der Waals surface area contributed by atoms with E-state index in [-0.39, 0.29) is 11.0 Å². The summed E-state index contributed by atoms with van der Waals surface area (Å²) in [6.45, 7) is 0. The summed E-state index contributed by atoms with van der Waals surface area (Å²) in [6, 6.07) is 11.3. The lowest BCUT2D eigenvalue weighted by Gasteiger charge is -2.08. The number of benzene rings is 2. The van der Waals surface area contributed by atoms with Crippen LogP contribution in [-0.2, 0) is 0 Å². The van der Waals surface area contributed by atoms with E-state index in [2.05, 4.69) is 0 Å². The van der Waals surface area contributed by atoms with Crippen LogP contribution in [0.3, 0.4) is 0 Å². The second-order valence-electron chi connectivity index (χ2n) is 4.36. The second-order valence-corrected chi connectivity index (χ2v) is 6.23. The van der Waals surface area contributed by atoms with Gasteiger partial charge < -0.3 is 4.74 Å². The number of hydrogen-bond acceptors (Lipinski definition) is 3. The van der Waals surface area contributed by atoms with Gasteiger partial charge in [0.25, 0.3) is 0 Å².